The summed E-state index contributed by atoms with van der Waals surface area (Å²) < 4.78 is 6.19. The first-order valence-electron chi connectivity index (χ1n) is 8.74. The van der Waals surface area contributed by atoms with Crippen molar-refractivity contribution < 1.29 is 14.3 Å². The molecular formula is C21H20BrN3O3. The standard InChI is InChI=1S/C21H20BrN3O3/c1-12-13(2)24-19(23-12)15-4-6-16(7-5-15)21(27)28-14(3)20(26)25-18-10-8-17(22)9-11-18/h4-11,14H,1-3H3,(H,23,24)(H,25,26). The summed E-state index contributed by atoms with van der Waals surface area (Å²) >= 11 is 3.34. The number of carbonyl (C=O) groups is 2. The van der Waals surface area contributed by atoms with Crippen LogP contribution in [0.2, 0.25) is 0 Å². The largest absolute Gasteiger partial charge is 0.449 e. The summed E-state index contributed by atoms with van der Waals surface area (Å²) in [5.74, 6) is -0.206. The molecule has 0 aliphatic rings. The molecule has 1 heterocycles. The van der Waals surface area contributed by atoms with E-state index in [1.807, 2.05) is 26.0 Å². The fourth-order valence-electron chi connectivity index (χ4n) is 2.51. The van der Waals surface area contributed by atoms with Gasteiger partial charge in [0.15, 0.2) is 6.10 Å². The molecule has 3 aromatic rings. The lowest BCUT2D eigenvalue weighted by Gasteiger charge is -2.13. The van der Waals surface area contributed by atoms with Gasteiger partial charge in [0.05, 0.1) is 11.3 Å². The van der Waals surface area contributed by atoms with Gasteiger partial charge in [0.2, 0.25) is 0 Å². The maximum Gasteiger partial charge on any atom is 0.338 e. The number of aryl methyl sites for hydroxylation is 2. The lowest BCUT2D eigenvalue weighted by atomic mass is 10.1. The number of aromatic amines is 1. The third-order valence-corrected chi connectivity index (χ3v) is 4.82. The number of hydrogen-bond acceptors (Lipinski definition) is 4. The molecule has 7 heteroatoms. The van der Waals surface area contributed by atoms with Crippen LogP contribution in [-0.2, 0) is 9.53 Å². The molecule has 3 rings (SSSR count). The van der Waals surface area contributed by atoms with Crippen LogP contribution < -0.4 is 5.32 Å². The zero-order chi connectivity index (χ0) is 20.3. The van der Waals surface area contributed by atoms with Crippen LogP contribution in [0.5, 0.6) is 0 Å². The van der Waals surface area contributed by atoms with Gasteiger partial charge in [-0.1, -0.05) is 28.1 Å². The highest BCUT2D eigenvalue weighted by atomic mass is 79.9. The van der Waals surface area contributed by atoms with Gasteiger partial charge in [-0.2, -0.15) is 0 Å². The third kappa shape index (κ3) is 4.67. The van der Waals surface area contributed by atoms with E-state index in [1.165, 1.54) is 6.92 Å². The van der Waals surface area contributed by atoms with Gasteiger partial charge in [-0.15, -0.1) is 0 Å². The van der Waals surface area contributed by atoms with Crippen molar-refractivity contribution in [2.24, 2.45) is 0 Å². The molecule has 1 aromatic heterocycles. The van der Waals surface area contributed by atoms with Crippen LogP contribution in [0.1, 0.15) is 28.7 Å². The Hall–Kier alpha value is -2.93. The molecule has 0 spiro atoms. The van der Waals surface area contributed by atoms with E-state index < -0.39 is 18.0 Å². The van der Waals surface area contributed by atoms with Crippen LogP contribution in [0.25, 0.3) is 11.4 Å². The molecule has 1 atom stereocenters. The number of nitrogens with zero attached hydrogens (tertiary/aromatic N) is 1. The number of anilines is 1. The predicted octanol–water partition coefficient (Wildman–Crippen LogP) is 4.64. The average Bonchev–Trinajstić information content (AvgIpc) is 3.02. The van der Waals surface area contributed by atoms with E-state index >= 15 is 0 Å². The zero-order valence-corrected chi connectivity index (χ0v) is 17.3. The van der Waals surface area contributed by atoms with E-state index in [4.69, 9.17) is 4.74 Å². The van der Waals surface area contributed by atoms with E-state index in [0.29, 0.717) is 11.3 Å². The lowest BCUT2D eigenvalue weighted by Crippen LogP contribution is -2.29. The highest BCUT2D eigenvalue weighted by Crippen LogP contribution is 2.19. The number of ether oxygens (including phenoxy) is 1. The Morgan fingerprint density at radius 1 is 1.07 bits per heavy atom. The average molecular weight is 442 g/mol. The molecule has 0 radical (unpaired) electrons. The van der Waals surface area contributed by atoms with Crippen LogP contribution in [0.4, 0.5) is 5.69 Å². The SMILES string of the molecule is Cc1nc(-c2ccc(C(=O)OC(C)C(=O)Nc3ccc(Br)cc3)cc2)[nH]c1C. The molecule has 144 valence electrons. The van der Waals surface area contributed by atoms with Gasteiger partial charge in [-0.05, 0) is 57.2 Å². The topological polar surface area (TPSA) is 84.1 Å². The summed E-state index contributed by atoms with van der Waals surface area (Å²) in [5.41, 5.74) is 3.80. The highest BCUT2D eigenvalue weighted by Gasteiger charge is 2.19. The van der Waals surface area contributed by atoms with E-state index in [9.17, 15) is 9.59 Å². The zero-order valence-electron chi connectivity index (χ0n) is 15.7. The second kappa shape index (κ2) is 8.39. The predicted molar refractivity (Wildman–Crippen MR) is 111 cm³/mol. The first kappa shape index (κ1) is 19.8. The number of halogens is 1. The Morgan fingerprint density at radius 2 is 1.71 bits per heavy atom. The summed E-state index contributed by atoms with van der Waals surface area (Å²) in [6.45, 7) is 5.43. The van der Waals surface area contributed by atoms with Crippen LogP contribution in [0, 0.1) is 13.8 Å². The first-order valence-corrected chi connectivity index (χ1v) is 9.54. The summed E-state index contributed by atoms with van der Waals surface area (Å²) in [4.78, 5) is 32.2. The number of imidazole rings is 1. The minimum absolute atomic E-state index is 0.368. The number of esters is 1. The Morgan fingerprint density at radius 3 is 2.29 bits per heavy atom. The lowest BCUT2D eigenvalue weighted by molar-refractivity contribution is -0.123. The number of nitrogens with one attached hydrogen (secondary N) is 2. The number of carbonyl (C=O) groups excluding carboxylic acids is 2. The number of H-pyrrole nitrogens is 1. The molecule has 2 N–H and O–H groups in total. The van der Waals surface area contributed by atoms with Gasteiger partial charge in [-0.25, -0.2) is 9.78 Å². The quantitative estimate of drug-likeness (QED) is 0.564. The molecule has 0 fully saturated rings. The number of hydrogen-bond donors (Lipinski definition) is 2. The molecule has 6 nitrogen and oxygen atoms in total. The van der Waals surface area contributed by atoms with Crippen molar-refractivity contribution in [3.8, 4) is 11.4 Å². The monoisotopic (exact) mass is 441 g/mol. The van der Waals surface area contributed by atoms with Crippen LogP contribution in [0.15, 0.2) is 53.0 Å². The molecule has 1 unspecified atom stereocenters. The van der Waals surface area contributed by atoms with E-state index in [-0.39, 0.29) is 0 Å². The molecule has 0 aliphatic heterocycles. The number of amides is 1. The van der Waals surface area contributed by atoms with E-state index in [2.05, 4.69) is 31.2 Å². The maximum atomic E-state index is 12.3. The van der Waals surface area contributed by atoms with Crippen LogP contribution in [-0.4, -0.2) is 27.9 Å². The second-order valence-corrected chi connectivity index (χ2v) is 7.33. The van der Waals surface area contributed by atoms with Crippen molar-refractivity contribution in [1.29, 1.82) is 0 Å². The van der Waals surface area contributed by atoms with Crippen LogP contribution in [0.3, 0.4) is 0 Å². The third-order valence-electron chi connectivity index (χ3n) is 4.29. The normalized spacial score (nSPS) is 11.7. The smallest absolute Gasteiger partial charge is 0.338 e. The van der Waals surface area contributed by atoms with E-state index in [1.54, 1.807) is 36.4 Å². The summed E-state index contributed by atoms with van der Waals surface area (Å²) in [6, 6.07) is 14.0. The van der Waals surface area contributed by atoms with Crippen LogP contribution >= 0.6 is 15.9 Å². The van der Waals surface area contributed by atoms with Crippen molar-refractivity contribution in [3.05, 3.63) is 70.0 Å². The Balaban J connectivity index is 1.61. The molecule has 28 heavy (non-hydrogen) atoms. The molecule has 1 amide bonds. The molecular weight excluding hydrogens is 422 g/mol. The van der Waals surface area contributed by atoms with Crippen molar-refractivity contribution in [2.75, 3.05) is 5.32 Å². The highest BCUT2D eigenvalue weighted by molar-refractivity contribution is 9.10. The molecule has 2 aromatic carbocycles. The van der Waals surface area contributed by atoms with Crippen molar-refractivity contribution in [1.82, 2.24) is 9.97 Å². The second-order valence-electron chi connectivity index (χ2n) is 6.42. The van der Waals surface area contributed by atoms with Gasteiger partial charge < -0.3 is 15.0 Å². The van der Waals surface area contributed by atoms with E-state index in [0.717, 1.165) is 27.2 Å². The van der Waals surface area contributed by atoms with Crippen molar-refractivity contribution in [3.63, 3.8) is 0 Å². The minimum Gasteiger partial charge on any atom is -0.449 e. The summed E-state index contributed by atoms with van der Waals surface area (Å²) in [6.07, 6.45) is -0.925. The van der Waals surface area contributed by atoms with Gasteiger partial charge in [0.25, 0.3) is 5.91 Å². The molecule has 0 bridgehead atoms. The fraction of sp³-hybridized carbons (Fsp3) is 0.190. The minimum atomic E-state index is -0.925. The summed E-state index contributed by atoms with van der Waals surface area (Å²) in [5, 5.41) is 2.71. The molecule has 0 saturated heterocycles. The number of benzene rings is 2. The molecule has 0 aliphatic carbocycles. The Labute approximate surface area is 171 Å². The van der Waals surface area contributed by atoms with Gasteiger partial charge in [0, 0.05) is 21.4 Å². The number of rotatable bonds is 5. The maximum absolute atomic E-state index is 12.3. The molecule has 0 saturated carbocycles. The van der Waals surface area contributed by atoms with Crippen molar-refractivity contribution >= 4 is 33.5 Å². The van der Waals surface area contributed by atoms with Crippen molar-refractivity contribution in [2.45, 2.75) is 26.9 Å². The van der Waals surface area contributed by atoms with Gasteiger partial charge >= 0.3 is 5.97 Å². The number of aromatic nitrogens is 2. The van der Waals surface area contributed by atoms with Gasteiger partial charge in [-0.3, -0.25) is 4.79 Å². The van der Waals surface area contributed by atoms with Gasteiger partial charge in [0.1, 0.15) is 5.82 Å². The fourth-order valence-corrected chi connectivity index (χ4v) is 2.77. The first-order chi connectivity index (χ1) is 13.3. The summed E-state index contributed by atoms with van der Waals surface area (Å²) in [7, 11) is 0. The Kier molecular flexibility index (Phi) is 5.94. The Bertz CT molecular complexity index is 975.